The highest BCUT2D eigenvalue weighted by atomic mass is 35.5. The van der Waals surface area contributed by atoms with Crippen molar-refractivity contribution in [2.24, 2.45) is 0 Å². The van der Waals surface area contributed by atoms with Crippen molar-refractivity contribution < 1.29 is 13.2 Å². The van der Waals surface area contributed by atoms with Gasteiger partial charge in [0.25, 0.3) is 0 Å². The largest absolute Gasteiger partial charge is 0.497 e. The van der Waals surface area contributed by atoms with Gasteiger partial charge in [0, 0.05) is 31.7 Å². The normalized spacial score (nSPS) is 26.4. The van der Waals surface area contributed by atoms with Crippen molar-refractivity contribution in [2.75, 3.05) is 31.7 Å². The second-order valence-electron chi connectivity index (χ2n) is 5.52. The number of fused-ring (bicyclic) bond motifs is 1. The zero-order valence-corrected chi connectivity index (χ0v) is 14.8. The molecule has 1 N–H and O–H groups in total. The van der Waals surface area contributed by atoms with Crippen LogP contribution in [0.3, 0.4) is 0 Å². The van der Waals surface area contributed by atoms with Gasteiger partial charge in [0.2, 0.25) is 0 Å². The highest BCUT2D eigenvalue weighted by molar-refractivity contribution is 7.91. The second kappa shape index (κ2) is 7.84. The summed E-state index contributed by atoms with van der Waals surface area (Å²) in [4.78, 5) is 2.29. The number of benzene rings is 1. The summed E-state index contributed by atoms with van der Waals surface area (Å²) >= 11 is 0. The van der Waals surface area contributed by atoms with Gasteiger partial charge < -0.3 is 10.1 Å². The van der Waals surface area contributed by atoms with E-state index in [4.69, 9.17) is 4.74 Å². The van der Waals surface area contributed by atoms with Crippen molar-refractivity contribution in [3.8, 4) is 5.75 Å². The summed E-state index contributed by atoms with van der Waals surface area (Å²) in [5.41, 5.74) is 1.19. The Morgan fingerprint density at radius 3 is 2.55 bits per heavy atom. The number of sulfone groups is 1. The maximum atomic E-state index is 11.8. The topological polar surface area (TPSA) is 58.6 Å². The molecule has 5 nitrogen and oxygen atoms in total. The summed E-state index contributed by atoms with van der Waals surface area (Å²) in [5.74, 6) is 1.40. The van der Waals surface area contributed by atoms with Gasteiger partial charge in [0.05, 0.1) is 18.6 Å². The number of hydrogen-bond donors (Lipinski definition) is 1. The molecule has 2 fully saturated rings. The van der Waals surface area contributed by atoms with Gasteiger partial charge in [-0.1, -0.05) is 12.1 Å². The fraction of sp³-hybridized carbons (Fsp3) is 0.571. The van der Waals surface area contributed by atoms with E-state index >= 15 is 0 Å². The molecule has 2 heterocycles. The molecule has 3 rings (SSSR count). The Kier molecular flexibility index (Phi) is 6.95. The van der Waals surface area contributed by atoms with Crippen LogP contribution in [0.25, 0.3) is 0 Å². The zero-order chi connectivity index (χ0) is 14.2. The minimum atomic E-state index is -2.89. The molecule has 0 amide bonds. The van der Waals surface area contributed by atoms with Crippen LogP contribution in [-0.4, -0.2) is 57.1 Å². The van der Waals surface area contributed by atoms with Crippen LogP contribution < -0.4 is 10.1 Å². The summed E-state index contributed by atoms with van der Waals surface area (Å²) in [6, 6.07) is 8.17. The number of piperazine rings is 1. The van der Waals surface area contributed by atoms with Crippen LogP contribution in [0.15, 0.2) is 24.3 Å². The number of nitrogens with one attached hydrogen (secondary N) is 1. The van der Waals surface area contributed by atoms with Gasteiger partial charge in [-0.15, -0.1) is 24.8 Å². The molecule has 0 bridgehead atoms. The Bertz CT molecular complexity index is 580. The molecule has 126 valence electrons. The SMILES string of the molecule is COc1ccc(CN2CCN[C@H]3CS(=O)(=O)C[C@H]32)cc1.Cl.Cl. The molecule has 2 saturated heterocycles. The van der Waals surface area contributed by atoms with E-state index in [0.29, 0.717) is 0 Å². The van der Waals surface area contributed by atoms with E-state index < -0.39 is 9.84 Å². The number of ether oxygens (including phenoxy) is 1. The van der Waals surface area contributed by atoms with E-state index in [-0.39, 0.29) is 48.4 Å². The predicted octanol–water partition coefficient (Wildman–Crippen LogP) is 1.11. The van der Waals surface area contributed by atoms with Crippen molar-refractivity contribution in [1.29, 1.82) is 0 Å². The Morgan fingerprint density at radius 2 is 1.91 bits per heavy atom. The first-order chi connectivity index (χ1) is 9.57. The standard InChI is InChI=1S/C14H20N2O3S.2ClH/c1-19-12-4-2-11(3-5-12)8-16-7-6-15-13-9-20(17,18)10-14(13)16;;/h2-5,13-15H,6-10H2,1H3;2*1H/t13-,14+;;/m0../s1. The van der Waals surface area contributed by atoms with Crippen LogP contribution in [0.4, 0.5) is 0 Å². The lowest BCUT2D eigenvalue weighted by Gasteiger charge is -2.37. The molecule has 1 aromatic carbocycles. The highest BCUT2D eigenvalue weighted by Crippen LogP contribution is 2.23. The van der Waals surface area contributed by atoms with Crippen molar-refractivity contribution in [3.63, 3.8) is 0 Å². The smallest absolute Gasteiger partial charge is 0.153 e. The fourth-order valence-corrected chi connectivity index (χ4v) is 5.09. The number of halogens is 2. The average molecular weight is 369 g/mol. The number of nitrogens with zero attached hydrogens (tertiary/aromatic N) is 1. The first-order valence-electron chi connectivity index (χ1n) is 6.88. The Labute approximate surface area is 144 Å². The summed E-state index contributed by atoms with van der Waals surface area (Å²) in [7, 11) is -1.24. The van der Waals surface area contributed by atoms with Crippen molar-refractivity contribution in [3.05, 3.63) is 29.8 Å². The molecule has 1 aromatic rings. The van der Waals surface area contributed by atoms with Gasteiger partial charge in [0.1, 0.15) is 5.75 Å². The summed E-state index contributed by atoms with van der Waals surface area (Å²) in [6.45, 7) is 2.54. The lowest BCUT2D eigenvalue weighted by Crippen LogP contribution is -2.56. The van der Waals surface area contributed by atoms with Crippen molar-refractivity contribution in [2.45, 2.75) is 18.6 Å². The molecule has 2 atom stereocenters. The molecular weight excluding hydrogens is 347 g/mol. The van der Waals surface area contributed by atoms with E-state index in [2.05, 4.69) is 10.2 Å². The van der Waals surface area contributed by atoms with Crippen LogP contribution in [0.1, 0.15) is 5.56 Å². The van der Waals surface area contributed by atoms with Gasteiger partial charge in [-0.2, -0.15) is 0 Å². The predicted molar refractivity (Wildman–Crippen MR) is 92.1 cm³/mol. The molecule has 8 heteroatoms. The third kappa shape index (κ3) is 4.26. The number of rotatable bonds is 3. The molecule has 0 unspecified atom stereocenters. The van der Waals surface area contributed by atoms with E-state index in [9.17, 15) is 8.42 Å². The van der Waals surface area contributed by atoms with Crippen LogP contribution >= 0.6 is 24.8 Å². The Morgan fingerprint density at radius 1 is 1.23 bits per heavy atom. The molecule has 0 saturated carbocycles. The molecule has 2 aliphatic rings. The lowest BCUT2D eigenvalue weighted by molar-refractivity contribution is 0.141. The molecule has 0 spiro atoms. The van der Waals surface area contributed by atoms with Gasteiger partial charge in [-0.3, -0.25) is 4.90 Å². The third-order valence-corrected chi connectivity index (χ3v) is 5.86. The van der Waals surface area contributed by atoms with Crippen LogP contribution in [0.2, 0.25) is 0 Å². The minimum absolute atomic E-state index is 0. The molecule has 0 aliphatic carbocycles. The third-order valence-electron chi connectivity index (χ3n) is 4.14. The lowest BCUT2D eigenvalue weighted by atomic mass is 10.1. The maximum Gasteiger partial charge on any atom is 0.153 e. The summed E-state index contributed by atoms with van der Waals surface area (Å²) < 4.78 is 28.7. The van der Waals surface area contributed by atoms with Gasteiger partial charge in [0.15, 0.2) is 9.84 Å². The summed E-state index contributed by atoms with van der Waals surface area (Å²) in [5, 5.41) is 3.33. The average Bonchev–Trinajstić information content (AvgIpc) is 2.75. The maximum absolute atomic E-state index is 11.8. The number of methoxy groups -OCH3 is 1. The Hall–Kier alpha value is -0.530. The molecule has 22 heavy (non-hydrogen) atoms. The minimum Gasteiger partial charge on any atom is -0.497 e. The first-order valence-corrected chi connectivity index (χ1v) is 8.70. The first kappa shape index (κ1) is 19.5. The molecule has 0 radical (unpaired) electrons. The second-order valence-corrected chi connectivity index (χ2v) is 7.68. The van der Waals surface area contributed by atoms with E-state index in [0.717, 1.165) is 25.4 Å². The van der Waals surface area contributed by atoms with E-state index in [1.807, 2.05) is 24.3 Å². The Balaban J connectivity index is 0.00000121. The quantitative estimate of drug-likeness (QED) is 0.865. The molecular formula is C14H22Cl2N2O3S. The van der Waals surface area contributed by atoms with Gasteiger partial charge in [-0.05, 0) is 17.7 Å². The van der Waals surface area contributed by atoms with Crippen molar-refractivity contribution >= 4 is 34.7 Å². The number of hydrogen-bond acceptors (Lipinski definition) is 5. The van der Waals surface area contributed by atoms with Crippen LogP contribution in [-0.2, 0) is 16.4 Å². The highest BCUT2D eigenvalue weighted by Gasteiger charge is 2.42. The van der Waals surface area contributed by atoms with Crippen LogP contribution in [0, 0.1) is 0 Å². The zero-order valence-electron chi connectivity index (χ0n) is 12.4. The fourth-order valence-electron chi connectivity index (χ4n) is 3.11. The molecule has 0 aromatic heterocycles. The van der Waals surface area contributed by atoms with Crippen molar-refractivity contribution in [1.82, 2.24) is 10.2 Å². The van der Waals surface area contributed by atoms with Crippen LogP contribution in [0.5, 0.6) is 5.75 Å². The van der Waals surface area contributed by atoms with Gasteiger partial charge in [-0.25, -0.2) is 8.42 Å². The van der Waals surface area contributed by atoms with Gasteiger partial charge >= 0.3 is 0 Å². The molecule has 2 aliphatic heterocycles. The summed E-state index contributed by atoms with van der Waals surface area (Å²) in [6.07, 6.45) is 0. The monoisotopic (exact) mass is 368 g/mol. The van der Waals surface area contributed by atoms with E-state index in [1.54, 1.807) is 7.11 Å². The van der Waals surface area contributed by atoms with E-state index in [1.165, 1.54) is 5.56 Å².